The van der Waals surface area contributed by atoms with E-state index in [9.17, 15) is 0 Å². The van der Waals surface area contributed by atoms with E-state index in [0.29, 0.717) is 5.92 Å². The van der Waals surface area contributed by atoms with Crippen LogP contribution in [0.5, 0.6) is 5.75 Å². The fourth-order valence-electron chi connectivity index (χ4n) is 4.09. The van der Waals surface area contributed by atoms with E-state index >= 15 is 0 Å². The predicted octanol–water partition coefficient (Wildman–Crippen LogP) is 4.48. The lowest BCUT2D eigenvalue weighted by Gasteiger charge is -2.31. The van der Waals surface area contributed by atoms with E-state index in [1.807, 2.05) is 32.2 Å². The van der Waals surface area contributed by atoms with Gasteiger partial charge in [0.2, 0.25) is 5.89 Å². The molecule has 1 fully saturated rings. The van der Waals surface area contributed by atoms with Gasteiger partial charge in [-0.25, -0.2) is 4.98 Å². The average molecular weight is 395 g/mol. The molecule has 2 aromatic heterocycles. The van der Waals surface area contributed by atoms with Crippen LogP contribution in [0.15, 0.2) is 28.8 Å². The van der Waals surface area contributed by atoms with Crippen LogP contribution in [0.3, 0.4) is 0 Å². The molecule has 4 rings (SSSR count). The molecule has 0 saturated carbocycles. The van der Waals surface area contributed by atoms with Crippen LogP contribution in [0.25, 0.3) is 10.9 Å². The highest BCUT2D eigenvalue weighted by molar-refractivity contribution is 5.96. The van der Waals surface area contributed by atoms with Gasteiger partial charge >= 0.3 is 0 Å². The summed E-state index contributed by atoms with van der Waals surface area (Å²) >= 11 is 0. The van der Waals surface area contributed by atoms with Gasteiger partial charge in [0.25, 0.3) is 0 Å². The minimum atomic E-state index is 0.660. The molecule has 0 aliphatic carbocycles. The number of piperidine rings is 1. The van der Waals surface area contributed by atoms with Crippen LogP contribution in [0.1, 0.15) is 35.7 Å². The number of methoxy groups -OCH3 is 1. The second-order valence-corrected chi connectivity index (χ2v) is 8.02. The van der Waals surface area contributed by atoms with Crippen LogP contribution >= 0.6 is 0 Å². The zero-order valence-electron chi connectivity index (χ0n) is 17.8. The predicted molar refractivity (Wildman–Crippen MR) is 115 cm³/mol. The van der Waals surface area contributed by atoms with Crippen LogP contribution < -0.4 is 10.1 Å². The van der Waals surface area contributed by atoms with E-state index in [1.165, 1.54) is 18.5 Å². The molecule has 1 saturated heterocycles. The van der Waals surface area contributed by atoms with Gasteiger partial charge in [-0.3, -0.25) is 9.88 Å². The number of benzene rings is 1. The molecule has 3 heterocycles. The summed E-state index contributed by atoms with van der Waals surface area (Å²) in [7, 11) is 1.69. The van der Waals surface area contributed by atoms with Crippen LogP contribution in [0.2, 0.25) is 0 Å². The normalized spacial score (nSPS) is 15.7. The molecule has 154 valence electrons. The lowest BCUT2D eigenvalue weighted by Crippen LogP contribution is -2.35. The maximum absolute atomic E-state index is 5.74. The molecule has 1 N–H and O–H groups in total. The van der Waals surface area contributed by atoms with Crippen LogP contribution in [-0.2, 0) is 6.54 Å². The first-order valence-corrected chi connectivity index (χ1v) is 10.4. The lowest BCUT2D eigenvalue weighted by atomic mass is 9.96. The summed E-state index contributed by atoms with van der Waals surface area (Å²) in [6, 6.07) is 6.10. The number of anilines is 1. The quantitative estimate of drug-likeness (QED) is 0.665. The lowest BCUT2D eigenvalue weighted by molar-refractivity contribution is 0.167. The Morgan fingerprint density at radius 1 is 1.21 bits per heavy atom. The Kier molecular flexibility index (Phi) is 5.72. The molecule has 0 spiro atoms. The zero-order valence-corrected chi connectivity index (χ0v) is 17.8. The third-order valence-corrected chi connectivity index (χ3v) is 5.98. The summed E-state index contributed by atoms with van der Waals surface area (Å²) in [5.74, 6) is 3.24. The van der Waals surface area contributed by atoms with Crippen molar-refractivity contribution in [2.24, 2.45) is 5.92 Å². The number of nitrogens with zero attached hydrogens (tertiary/aromatic N) is 3. The third kappa shape index (κ3) is 4.22. The standard InChI is InChI=1S/C23H30N4O2/c1-15-12-24-23-19(6-5-7-20(23)28-4)22(15)25-13-18-8-10-27(11-9-18)14-21-26-16(2)17(3)29-21/h5-7,12,18H,8-11,13-14H2,1-4H3,(H,24,25). The third-order valence-electron chi connectivity index (χ3n) is 5.98. The van der Waals surface area contributed by atoms with Gasteiger partial charge in [0, 0.05) is 23.8 Å². The van der Waals surface area contributed by atoms with E-state index in [0.717, 1.165) is 65.7 Å². The Morgan fingerprint density at radius 3 is 2.69 bits per heavy atom. The summed E-state index contributed by atoms with van der Waals surface area (Å²) in [4.78, 5) is 11.5. The van der Waals surface area contributed by atoms with Crippen molar-refractivity contribution in [2.45, 2.75) is 40.2 Å². The van der Waals surface area contributed by atoms with E-state index in [4.69, 9.17) is 9.15 Å². The minimum absolute atomic E-state index is 0.660. The number of fused-ring (bicyclic) bond motifs is 1. The van der Waals surface area contributed by atoms with Crippen molar-refractivity contribution in [2.75, 3.05) is 32.1 Å². The molecule has 3 aromatic rings. The van der Waals surface area contributed by atoms with Crippen molar-refractivity contribution in [1.29, 1.82) is 0 Å². The van der Waals surface area contributed by atoms with Gasteiger partial charge < -0.3 is 14.5 Å². The number of aromatic nitrogens is 2. The fourth-order valence-corrected chi connectivity index (χ4v) is 4.09. The summed E-state index contributed by atoms with van der Waals surface area (Å²) in [6.07, 6.45) is 4.28. The molecule has 0 bridgehead atoms. The first-order valence-electron chi connectivity index (χ1n) is 10.4. The van der Waals surface area contributed by atoms with Crippen molar-refractivity contribution >= 4 is 16.6 Å². The highest BCUT2D eigenvalue weighted by Crippen LogP contribution is 2.31. The van der Waals surface area contributed by atoms with E-state index in [1.54, 1.807) is 7.11 Å². The summed E-state index contributed by atoms with van der Waals surface area (Å²) in [5.41, 5.74) is 4.24. The van der Waals surface area contributed by atoms with Crippen LogP contribution in [0.4, 0.5) is 5.69 Å². The number of nitrogens with one attached hydrogen (secondary N) is 1. The van der Waals surface area contributed by atoms with Crippen LogP contribution in [0, 0.1) is 26.7 Å². The molecular weight excluding hydrogens is 364 g/mol. The van der Waals surface area contributed by atoms with Gasteiger partial charge in [0.15, 0.2) is 0 Å². The molecule has 1 aromatic carbocycles. The monoisotopic (exact) mass is 394 g/mol. The first kappa shape index (κ1) is 19.7. The molecule has 29 heavy (non-hydrogen) atoms. The highest BCUT2D eigenvalue weighted by atomic mass is 16.5. The fraction of sp³-hybridized carbons (Fsp3) is 0.478. The van der Waals surface area contributed by atoms with E-state index in [-0.39, 0.29) is 0 Å². The van der Waals surface area contributed by atoms with Gasteiger partial charge in [-0.1, -0.05) is 12.1 Å². The molecular formula is C23H30N4O2. The molecule has 6 nitrogen and oxygen atoms in total. The van der Waals surface area contributed by atoms with Crippen molar-refractivity contribution in [3.63, 3.8) is 0 Å². The van der Waals surface area contributed by atoms with Gasteiger partial charge in [-0.05, 0) is 64.3 Å². The smallest absolute Gasteiger partial charge is 0.208 e. The number of rotatable bonds is 6. The number of aryl methyl sites for hydroxylation is 3. The maximum Gasteiger partial charge on any atom is 0.208 e. The Bertz CT molecular complexity index is 970. The van der Waals surface area contributed by atoms with Crippen molar-refractivity contribution in [1.82, 2.24) is 14.9 Å². The molecule has 0 atom stereocenters. The van der Waals surface area contributed by atoms with Gasteiger partial charge in [-0.2, -0.15) is 0 Å². The first-order chi connectivity index (χ1) is 14.0. The molecule has 1 aliphatic heterocycles. The molecule has 0 radical (unpaired) electrons. The Hall–Kier alpha value is -2.60. The summed E-state index contributed by atoms with van der Waals surface area (Å²) < 4.78 is 11.2. The van der Waals surface area contributed by atoms with Gasteiger partial charge in [0.1, 0.15) is 17.0 Å². The number of hydrogen-bond acceptors (Lipinski definition) is 6. The average Bonchev–Trinajstić information content (AvgIpc) is 3.04. The largest absolute Gasteiger partial charge is 0.494 e. The highest BCUT2D eigenvalue weighted by Gasteiger charge is 2.21. The van der Waals surface area contributed by atoms with Crippen molar-refractivity contribution in [3.8, 4) is 5.75 Å². The number of para-hydroxylation sites is 1. The van der Waals surface area contributed by atoms with E-state index in [2.05, 4.69) is 33.2 Å². The second-order valence-electron chi connectivity index (χ2n) is 8.02. The number of oxazole rings is 1. The number of hydrogen-bond donors (Lipinski definition) is 1. The second kappa shape index (κ2) is 8.41. The summed E-state index contributed by atoms with van der Waals surface area (Å²) in [5, 5.41) is 4.83. The number of likely N-dealkylation sites (tertiary alicyclic amines) is 1. The number of pyridine rings is 1. The van der Waals surface area contributed by atoms with Crippen molar-refractivity contribution in [3.05, 3.63) is 47.3 Å². The topological polar surface area (TPSA) is 63.4 Å². The summed E-state index contributed by atoms with van der Waals surface area (Å²) in [6.45, 7) is 10.0. The molecule has 0 amide bonds. The van der Waals surface area contributed by atoms with Gasteiger partial charge in [-0.15, -0.1) is 0 Å². The Morgan fingerprint density at radius 2 is 2.00 bits per heavy atom. The number of ether oxygens (including phenoxy) is 1. The van der Waals surface area contributed by atoms with Crippen LogP contribution in [-0.4, -0.2) is 41.6 Å². The molecule has 1 aliphatic rings. The Labute approximate surface area is 172 Å². The van der Waals surface area contributed by atoms with Gasteiger partial charge in [0.05, 0.1) is 19.3 Å². The molecule has 0 unspecified atom stereocenters. The van der Waals surface area contributed by atoms with Crippen molar-refractivity contribution < 1.29 is 9.15 Å². The Balaban J connectivity index is 1.36. The maximum atomic E-state index is 5.74. The zero-order chi connectivity index (χ0) is 20.4. The molecule has 6 heteroatoms. The minimum Gasteiger partial charge on any atom is -0.494 e. The van der Waals surface area contributed by atoms with E-state index < -0.39 is 0 Å². The SMILES string of the molecule is COc1cccc2c(NCC3CCN(Cc4nc(C)c(C)o4)CC3)c(C)cnc12.